The van der Waals surface area contributed by atoms with Crippen LogP contribution in [0.2, 0.25) is 0 Å². The van der Waals surface area contributed by atoms with Gasteiger partial charge in [0, 0.05) is 26.5 Å². The highest BCUT2D eigenvalue weighted by Gasteiger charge is 2.00. The number of rotatable bonds is 2. The Kier molecular flexibility index (Phi) is 3.14. The van der Waals surface area contributed by atoms with Crippen LogP contribution in [0.25, 0.3) is 0 Å². The minimum atomic E-state index is -0.276. The lowest BCUT2D eigenvalue weighted by atomic mass is 10.3. The molecule has 0 saturated heterocycles. The Morgan fingerprint density at radius 3 is 2.92 bits per heavy atom. The molecule has 1 heterocycles. The normalized spacial score (nSPS) is 10.3. The third kappa shape index (κ3) is 3.02. The van der Waals surface area contributed by atoms with E-state index in [1.54, 1.807) is 37.3 Å². The first-order valence-electron chi connectivity index (χ1n) is 3.85. The van der Waals surface area contributed by atoms with Crippen molar-refractivity contribution in [3.05, 3.63) is 30.1 Å². The van der Waals surface area contributed by atoms with Gasteiger partial charge in [0.05, 0.1) is 11.9 Å². The van der Waals surface area contributed by atoms with Crippen molar-refractivity contribution in [2.75, 3.05) is 14.1 Å². The summed E-state index contributed by atoms with van der Waals surface area (Å²) in [6.07, 6.45) is 4.58. The van der Waals surface area contributed by atoms with Crippen LogP contribution in [0.3, 0.4) is 0 Å². The first-order chi connectivity index (χ1) is 6.20. The van der Waals surface area contributed by atoms with Crippen molar-refractivity contribution in [2.24, 2.45) is 4.99 Å². The molecule has 1 aromatic heterocycles. The number of hydrogen-bond acceptors (Lipinski definition) is 2. The Bertz CT molecular complexity index is 306. The van der Waals surface area contributed by atoms with Crippen LogP contribution in [0, 0.1) is 0 Å². The van der Waals surface area contributed by atoms with Gasteiger partial charge in [-0.3, -0.25) is 9.78 Å². The summed E-state index contributed by atoms with van der Waals surface area (Å²) in [5, 5.41) is 0. The van der Waals surface area contributed by atoms with Gasteiger partial charge < -0.3 is 4.90 Å². The summed E-state index contributed by atoms with van der Waals surface area (Å²) in [5.41, 5.74) is 0.501. The lowest BCUT2D eigenvalue weighted by Crippen LogP contribution is -2.09. The van der Waals surface area contributed by atoms with E-state index in [0.29, 0.717) is 5.56 Å². The van der Waals surface area contributed by atoms with E-state index in [-0.39, 0.29) is 5.91 Å². The minimum Gasteiger partial charge on any atom is -0.369 e. The van der Waals surface area contributed by atoms with Crippen LogP contribution in [0.15, 0.2) is 29.5 Å². The van der Waals surface area contributed by atoms with Crippen LogP contribution in [-0.2, 0) is 0 Å². The number of carbonyl (C=O) groups excluding carboxylic acids is 1. The van der Waals surface area contributed by atoms with Crippen molar-refractivity contribution >= 4 is 12.2 Å². The lowest BCUT2D eigenvalue weighted by molar-refractivity contribution is 0.100. The predicted octanol–water partition coefficient (Wildman–Crippen LogP) is 0.812. The van der Waals surface area contributed by atoms with Crippen LogP contribution >= 0.6 is 0 Å². The van der Waals surface area contributed by atoms with Gasteiger partial charge >= 0.3 is 0 Å². The first-order valence-corrected chi connectivity index (χ1v) is 3.85. The van der Waals surface area contributed by atoms with Crippen molar-refractivity contribution in [1.82, 2.24) is 9.88 Å². The summed E-state index contributed by atoms with van der Waals surface area (Å²) in [7, 11) is 3.61. The largest absolute Gasteiger partial charge is 0.369 e. The van der Waals surface area contributed by atoms with Crippen LogP contribution in [-0.4, -0.2) is 36.2 Å². The van der Waals surface area contributed by atoms with Crippen LogP contribution in [0.1, 0.15) is 10.4 Å². The lowest BCUT2D eigenvalue weighted by Gasteiger charge is -2.00. The van der Waals surface area contributed by atoms with Gasteiger partial charge in [0.15, 0.2) is 0 Å². The molecular weight excluding hydrogens is 166 g/mol. The van der Waals surface area contributed by atoms with Crippen LogP contribution < -0.4 is 0 Å². The maximum Gasteiger partial charge on any atom is 0.279 e. The van der Waals surface area contributed by atoms with Gasteiger partial charge in [-0.05, 0) is 12.1 Å². The highest BCUT2D eigenvalue weighted by molar-refractivity contribution is 5.98. The topological polar surface area (TPSA) is 45.6 Å². The van der Waals surface area contributed by atoms with Crippen molar-refractivity contribution in [1.29, 1.82) is 0 Å². The number of amides is 1. The molecule has 0 N–H and O–H groups in total. The molecule has 1 rings (SSSR count). The zero-order valence-electron chi connectivity index (χ0n) is 7.64. The minimum absolute atomic E-state index is 0.276. The fourth-order valence-corrected chi connectivity index (χ4v) is 0.732. The molecule has 0 aliphatic heterocycles. The number of hydrogen-bond donors (Lipinski definition) is 0. The van der Waals surface area contributed by atoms with Gasteiger partial charge in [-0.15, -0.1) is 0 Å². The molecule has 0 aliphatic carbocycles. The number of aliphatic imine (C=N–C) groups is 1. The molecule has 1 amide bonds. The Labute approximate surface area is 76.9 Å². The number of nitrogens with zero attached hydrogens (tertiary/aromatic N) is 3. The average Bonchev–Trinajstić information content (AvgIpc) is 2.15. The monoisotopic (exact) mass is 177 g/mol. The molecule has 0 bridgehead atoms. The predicted molar refractivity (Wildman–Crippen MR) is 50.7 cm³/mol. The van der Waals surface area contributed by atoms with E-state index < -0.39 is 0 Å². The second kappa shape index (κ2) is 4.35. The van der Waals surface area contributed by atoms with Crippen LogP contribution in [0.5, 0.6) is 0 Å². The van der Waals surface area contributed by atoms with Crippen molar-refractivity contribution in [2.45, 2.75) is 0 Å². The van der Waals surface area contributed by atoms with Gasteiger partial charge in [-0.2, -0.15) is 4.99 Å². The highest BCUT2D eigenvalue weighted by Crippen LogP contribution is 1.97. The van der Waals surface area contributed by atoms with Gasteiger partial charge in [0.1, 0.15) is 0 Å². The van der Waals surface area contributed by atoms with E-state index in [0.717, 1.165) is 0 Å². The standard InChI is InChI=1S/C9H11N3O/c1-12(2)7-11-9(13)8-4-3-5-10-6-8/h3-7H,1-2H3/b11-7-. The van der Waals surface area contributed by atoms with Crippen molar-refractivity contribution < 1.29 is 4.79 Å². The fraction of sp³-hybridized carbons (Fsp3) is 0.222. The average molecular weight is 177 g/mol. The maximum atomic E-state index is 11.3. The molecule has 0 spiro atoms. The van der Waals surface area contributed by atoms with Crippen molar-refractivity contribution in [3.63, 3.8) is 0 Å². The van der Waals surface area contributed by atoms with E-state index in [9.17, 15) is 4.79 Å². The zero-order chi connectivity index (χ0) is 9.68. The molecule has 4 heteroatoms. The summed E-state index contributed by atoms with van der Waals surface area (Å²) in [4.78, 5) is 20.5. The number of aromatic nitrogens is 1. The number of pyridine rings is 1. The molecule has 13 heavy (non-hydrogen) atoms. The molecule has 0 unspecified atom stereocenters. The Morgan fingerprint density at radius 2 is 2.38 bits per heavy atom. The Morgan fingerprint density at radius 1 is 1.62 bits per heavy atom. The van der Waals surface area contributed by atoms with E-state index in [1.165, 1.54) is 12.5 Å². The molecule has 0 saturated carbocycles. The van der Waals surface area contributed by atoms with Crippen LogP contribution in [0.4, 0.5) is 0 Å². The molecule has 1 aromatic rings. The molecule has 0 aromatic carbocycles. The SMILES string of the molecule is CN(C)/C=N\C(=O)c1cccnc1. The Balaban J connectivity index is 2.70. The summed E-state index contributed by atoms with van der Waals surface area (Å²) in [6, 6.07) is 3.39. The van der Waals surface area contributed by atoms with Gasteiger partial charge in [-0.25, -0.2) is 0 Å². The molecule has 0 fully saturated rings. The second-order valence-electron chi connectivity index (χ2n) is 2.76. The molecule has 0 radical (unpaired) electrons. The molecule has 4 nitrogen and oxygen atoms in total. The quantitative estimate of drug-likeness (QED) is 0.496. The zero-order valence-corrected chi connectivity index (χ0v) is 7.64. The molecule has 68 valence electrons. The van der Waals surface area contributed by atoms with E-state index in [1.807, 2.05) is 0 Å². The third-order valence-corrected chi connectivity index (χ3v) is 1.31. The van der Waals surface area contributed by atoms with E-state index in [4.69, 9.17) is 0 Å². The number of carbonyl (C=O) groups is 1. The van der Waals surface area contributed by atoms with E-state index >= 15 is 0 Å². The maximum absolute atomic E-state index is 11.3. The van der Waals surface area contributed by atoms with Gasteiger partial charge in [0.25, 0.3) is 5.91 Å². The first kappa shape index (κ1) is 9.38. The van der Waals surface area contributed by atoms with Gasteiger partial charge in [0.2, 0.25) is 0 Å². The molecule has 0 atom stereocenters. The van der Waals surface area contributed by atoms with Gasteiger partial charge in [-0.1, -0.05) is 0 Å². The summed E-state index contributed by atoms with van der Waals surface area (Å²) in [5.74, 6) is -0.276. The summed E-state index contributed by atoms with van der Waals surface area (Å²) >= 11 is 0. The molecule has 0 aliphatic rings. The van der Waals surface area contributed by atoms with Crippen molar-refractivity contribution in [3.8, 4) is 0 Å². The Hall–Kier alpha value is -1.71. The van der Waals surface area contributed by atoms with E-state index in [2.05, 4.69) is 9.98 Å². The summed E-state index contributed by atoms with van der Waals surface area (Å²) in [6.45, 7) is 0. The highest BCUT2D eigenvalue weighted by atomic mass is 16.1. The third-order valence-electron chi connectivity index (χ3n) is 1.31. The second-order valence-corrected chi connectivity index (χ2v) is 2.76. The molecular formula is C9H11N3O. The fourth-order valence-electron chi connectivity index (χ4n) is 0.732. The smallest absolute Gasteiger partial charge is 0.279 e. The summed E-state index contributed by atoms with van der Waals surface area (Å²) < 4.78 is 0.